The van der Waals surface area contributed by atoms with Crippen LogP contribution in [0.1, 0.15) is 45.1 Å². The molecule has 2 aromatic heterocycles. The predicted octanol–water partition coefficient (Wildman–Crippen LogP) is 2.31. The number of aromatic amines is 1. The van der Waals surface area contributed by atoms with Crippen molar-refractivity contribution in [3.63, 3.8) is 0 Å². The van der Waals surface area contributed by atoms with E-state index in [2.05, 4.69) is 19.9 Å². The maximum absolute atomic E-state index is 12.4. The molecule has 0 bridgehead atoms. The van der Waals surface area contributed by atoms with Crippen LogP contribution in [0.5, 0.6) is 17.9 Å². The van der Waals surface area contributed by atoms with Crippen LogP contribution in [0.3, 0.4) is 0 Å². The summed E-state index contributed by atoms with van der Waals surface area (Å²) in [6.45, 7) is 6.32. The summed E-state index contributed by atoms with van der Waals surface area (Å²) in [5.41, 5.74) is 9.15. The minimum absolute atomic E-state index is 0.0958. The number of nitrogens with two attached hydrogens (primary N) is 2. The maximum Gasteiger partial charge on any atom is 0.375 e. The molecule has 0 fully saturated rings. The van der Waals surface area contributed by atoms with E-state index in [1.54, 1.807) is 19.1 Å². The minimum Gasteiger partial charge on any atom is -0.465 e. The Morgan fingerprint density at radius 2 is 1.37 bits per heavy atom. The van der Waals surface area contributed by atoms with Crippen LogP contribution in [0.4, 0.5) is 23.0 Å². The molecule has 6 N–H and O–H groups in total. The summed E-state index contributed by atoms with van der Waals surface area (Å²) in [5.74, 6) is -1.79. The van der Waals surface area contributed by atoms with Crippen molar-refractivity contribution in [1.29, 1.82) is 0 Å². The van der Waals surface area contributed by atoms with Crippen molar-refractivity contribution in [2.45, 2.75) is 51.3 Å². The van der Waals surface area contributed by atoms with Gasteiger partial charge in [-0.05, 0) is 31.9 Å². The quantitative estimate of drug-likeness (QED) is 0.0874. The molecule has 0 aliphatic carbocycles. The van der Waals surface area contributed by atoms with Crippen molar-refractivity contribution in [3.05, 3.63) is 70.5 Å². The highest BCUT2D eigenvalue weighted by molar-refractivity contribution is 7.87. The lowest BCUT2D eigenvalue weighted by molar-refractivity contribution is -0.742. The van der Waals surface area contributed by atoms with Crippen LogP contribution >= 0.6 is 0 Å². The highest BCUT2D eigenvalue weighted by Crippen LogP contribution is 2.33. The van der Waals surface area contributed by atoms with Gasteiger partial charge in [-0.25, -0.2) is 0 Å². The second-order valence-electron chi connectivity index (χ2n) is 8.66. The number of nitrogens with one attached hydrogen (secondary N) is 1. The molecule has 0 saturated carbocycles. The normalized spacial score (nSPS) is 10.3. The first kappa shape index (κ1) is 38.2. The summed E-state index contributed by atoms with van der Waals surface area (Å²) in [6.07, 6.45) is 3.25. The summed E-state index contributed by atoms with van der Waals surface area (Å²) < 4.78 is 39.9. The van der Waals surface area contributed by atoms with Gasteiger partial charge in [-0.3, -0.25) is 30.0 Å². The summed E-state index contributed by atoms with van der Waals surface area (Å²) in [4.78, 5) is 52.4. The molecule has 3 aromatic rings. The van der Waals surface area contributed by atoms with E-state index in [0.29, 0.717) is 13.0 Å². The Labute approximate surface area is 259 Å². The first-order valence-electron chi connectivity index (χ1n) is 13.0. The van der Waals surface area contributed by atoms with Gasteiger partial charge in [0, 0.05) is 0 Å². The fourth-order valence-electron chi connectivity index (χ4n) is 2.91. The molecule has 46 heavy (non-hydrogen) atoms. The fourth-order valence-corrected chi connectivity index (χ4v) is 3.80. The van der Waals surface area contributed by atoms with Crippen LogP contribution in [0.25, 0.3) is 0 Å². The highest BCUT2D eigenvalue weighted by atomic mass is 32.2. The molecule has 0 aliphatic heterocycles. The van der Waals surface area contributed by atoms with Gasteiger partial charge in [-0.1, -0.05) is 44.4 Å². The number of ether oxygens (including phenoxy) is 2. The number of nitrogen functional groups attached to an aromatic ring is 2. The summed E-state index contributed by atoms with van der Waals surface area (Å²) in [7, 11) is -4.35. The Kier molecular flexibility index (Phi) is 15.0. The SMILES string of the molecule is CCCCOc1nc(N)c([N+](=O)[O-])c(=O)[nH]1.CCCCOc1nc(N)c([N+](=O)[O-])c(OS(=O)(=O)c2ccc(C)cc2)n1.O=[N+]([O-])O. The van der Waals surface area contributed by atoms with Crippen LogP contribution in [-0.2, 0) is 10.1 Å². The Morgan fingerprint density at radius 1 is 0.870 bits per heavy atom. The van der Waals surface area contributed by atoms with Crippen LogP contribution in [0.15, 0.2) is 34.0 Å². The molecule has 0 spiro atoms. The number of nitro groups is 2. The topological polar surface area (TPSA) is 335 Å². The molecule has 0 aliphatic rings. The summed E-state index contributed by atoms with van der Waals surface area (Å²) in [5, 5.41) is 35.3. The fraction of sp³-hybridized carbons (Fsp3) is 0.391. The molecule has 2 heterocycles. The average molecular weight is 674 g/mol. The average Bonchev–Trinajstić information content (AvgIpc) is 2.92. The molecular weight excluding hydrogens is 642 g/mol. The molecule has 1 aromatic carbocycles. The summed E-state index contributed by atoms with van der Waals surface area (Å²) >= 11 is 0. The maximum atomic E-state index is 12.4. The third-order valence-corrected chi connectivity index (χ3v) is 6.31. The number of nitrogens with zero attached hydrogens (tertiary/aromatic N) is 6. The summed E-state index contributed by atoms with van der Waals surface area (Å²) in [6, 6.07) is 5.38. The molecular formula is C23H31N9O13S. The molecule has 3 rings (SSSR count). The zero-order valence-corrected chi connectivity index (χ0v) is 25.5. The van der Waals surface area contributed by atoms with Gasteiger partial charge in [0.25, 0.3) is 11.1 Å². The lowest BCUT2D eigenvalue weighted by atomic mass is 10.2. The molecule has 0 saturated heterocycles. The molecule has 0 unspecified atom stereocenters. The van der Waals surface area contributed by atoms with Crippen LogP contribution in [0.2, 0.25) is 0 Å². The van der Waals surface area contributed by atoms with Crippen molar-refractivity contribution < 1.29 is 42.2 Å². The highest BCUT2D eigenvalue weighted by Gasteiger charge is 2.30. The Morgan fingerprint density at radius 3 is 1.85 bits per heavy atom. The Bertz CT molecular complexity index is 1660. The zero-order valence-electron chi connectivity index (χ0n) is 24.6. The molecule has 23 heteroatoms. The standard InChI is InChI=1S/C15H18N4O6S.C8H12N4O4.HNO3/c1-3-4-9-24-15-17-13(16)12(19(20)21)14(18-15)25-26(22,23)11-7-5-10(2)6-8-11;1-2-3-4-16-8-10-6(9)5(12(14)15)7(13)11-8;2-1(3)4/h5-8H,3-4,9H2,1-2H3,(H2,16,17,18);2-4H2,1H3,(H3,9,10,11,13);(H,2,3,4). The number of H-pyrrole nitrogens is 1. The first-order valence-corrected chi connectivity index (χ1v) is 14.4. The minimum atomic E-state index is -4.35. The smallest absolute Gasteiger partial charge is 0.375 e. The number of hydrogen-bond acceptors (Lipinski definition) is 17. The number of benzene rings is 1. The van der Waals surface area contributed by atoms with Gasteiger partial charge in [0.05, 0.1) is 23.1 Å². The molecule has 0 amide bonds. The molecule has 0 radical (unpaired) electrons. The monoisotopic (exact) mass is 673 g/mol. The second-order valence-corrected chi connectivity index (χ2v) is 10.2. The van der Waals surface area contributed by atoms with Crippen LogP contribution < -0.4 is 30.7 Å². The van der Waals surface area contributed by atoms with E-state index >= 15 is 0 Å². The van der Waals surface area contributed by atoms with E-state index in [1.165, 1.54) is 12.1 Å². The van der Waals surface area contributed by atoms with Crippen molar-refractivity contribution >= 4 is 33.1 Å². The van der Waals surface area contributed by atoms with E-state index < -0.39 is 59.5 Å². The number of aromatic nitrogens is 4. The van der Waals surface area contributed by atoms with Crippen molar-refractivity contribution in [2.75, 3.05) is 24.7 Å². The van der Waals surface area contributed by atoms with E-state index in [0.717, 1.165) is 24.8 Å². The van der Waals surface area contributed by atoms with Gasteiger partial charge in [0.15, 0.2) is 0 Å². The van der Waals surface area contributed by atoms with Gasteiger partial charge in [0.1, 0.15) is 4.90 Å². The van der Waals surface area contributed by atoms with Gasteiger partial charge in [0.2, 0.25) is 11.6 Å². The van der Waals surface area contributed by atoms with E-state index in [-0.39, 0.29) is 23.5 Å². The second kappa shape index (κ2) is 18.1. The number of unbranched alkanes of at least 4 members (excludes halogenated alkanes) is 2. The van der Waals surface area contributed by atoms with Crippen molar-refractivity contribution in [3.8, 4) is 17.9 Å². The third-order valence-electron chi connectivity index (χ3n) is 5.09. The number of rotatable bonds is 13. The lowest BCUT2D eigenvalue weighted by Crippen LogP contribution is -2.17. The number of hydrogen-bond donors (Lipinski definition) is 4. The number of anilines is 2. The molecule has 22 nitrogen and oxygen atoms in total. The van der Waals surface area contributed by atoms with Crippen LogP contribution in [0, 0.1) is 37.3 Å². The van der Waals surface area contributed by atoms with E-state index in [1.807, 2.05) is 13.8 Å². The van der Waals surface area contributed by atoms with Crippen molar-refractivity contribution in [1.82, 2.24) is 19.9 Å². The van der Waals surface area contributed by atoms with E-state index in [9.17, 15) is 33.4 Å². The Hall–Kier alpha value is -5.87. The van der Waals surface area contributed by atoms with Gasteiger partial charge in [-0.2, -0.15) is 23.4 Å². The van der Waals surface area contributed by atoms with Gasteiger partial charge < -0.3 is 30.3 Å². The number of aryl methyl sites for hydroxylation is 1. The van der Waals surface area contributed by atoms with E-state index in [4.69, 9.17) is 40.4 Å². The van der Waals surface area contributed by atoms with Gasteiger partial charge >= 0.3 is 38.9 Å². The largest absolute Gasteiger partial charge is 0.465 e. The third kappa shape index (κ3) is 12.4. The lowest BCUT2D eigenvalue weighted by Gasteiger charge is -2.09. The van der Waals surface area contributed by atoms with Crippen molar-refractivity contribution in [2.24, 2.45) is 0 Å². The first-order chi connectivity index (χ1) is 21.5. The molecule has 252 valence electrons. The Balaban J connectivity index is 0.000000450. The molecule has 0 atom stereocenters. The van der Waals surface area contributed by atoms with Crippen LogP contribution in [-0.4, -0.2) is 61.7 Å². The van der Waals surface area contributed by atoms with Gasteiger partial charge in [-0.15, -0.1) is 10.1 Å². The predicted molar refractivity (Wildman–Crippen MR) is 158 cm³/mol. The zero-order chi connectivity index (χ0) is 35.0.